The molecule has 0 rings (SSSR count). The molecule has 4 nitrogen and oxygen atoms in total. The van der Waals surface area contributed by atoms with E-state index in [-0.39, 0.29) is 87.3 Å². The molecule has 0 aliphatic rings. The normalized spacial score (nSPS) is 0.727. The van der Waals surface area contributed by atoms with E-state index < -0.39 is 0 Å². The predicted octanol–water partition coefficient (Wildman–Crippen LogP) is -5.61. The average molecular weight is 206 g/mol. The molecule has 7 heteroatoms. The first-order chi connectivity index (χ1) is 4.00. The second-order valence-corrected chi connectivity index (χ2v) is 0. The number of hydrogen-bond acceptors (Lipinski definition) is 4. The van der Waals surface area contributed by atoms with Gasteiger partial charge in [-0.2, -0.15) is 0 Å². The molecule has 11 heavy (non-hydrogen) atoms. The largest absolute Gasteiger partial charge is 2.00 e. The van der Waals surface area contributed by atoms with Crippen LogP contribution in [-0.2, 0) is 17.1 Å². The van der Waals surface area contributed by atoms with Crippen molar-refractivity contribution >= 4 is 0 Å². The van der Waals surface area contributed by atoms with Gasteiger partial charge in [-0.3, -0.25) is 0 Å². The number of rotatable bonds is 0. The molecule has 0 spiro atoms. The van der Waals surface area contributed by atoms with E-state index >= 15 is 0 Å². The molecule has 0 saturated heterocycles. The van der Waals surface area contributed by atoms with E-state index in [0.29, 0.717) is 0 Å². The Balaban J connectivity index is -0.00000000356. The fourth-order valence-electron chi connectivity index (χ4n) is 0. The smallest absolute Gasteiger partial charge is 0.512 e. The zero-order chi connectivity index (χ0) is 8.00. The van der Waals surface area contributed by atoms with Gasteiger partial charge in [0.05, 0.1) is 0 Å². The minimum Gasteiger partial charge on any atom is -0.512 e. The summed E-state index contributed by atoms with van der Waals surface area (Å²) in [5, 5.41) is 25.0. The molecule has 0 atom stereocenters. The molecule has 0 aromatic rings. The van der Waals surface area contributed by atoms with Gasteiger partial charge < -0.3 is 47.3 Å². The summed E-state index contributed by atoms with van der Waals surface area (Å²) < 4.78 is 0. The van der Waals surface area contributed by atoms with Crippen molar-refractivity contribution in [2.75, 3.05) is 0 Å². The quantitative estimate of drug-likeness (QED) is 0.291. The molecule has 0 bridgehead atoms. The zero-order valence-electron chi connectivity index (χ0n) is 6.14. The minimum atomic E-state index is 0. The molecule has 0 aromatic heterocycles. The Morgan fingerprint density at radius 3 is 0.545 bits per heavy atom. The minimum absolute atomic E-state index is 0. The first-order valence-corrected chi connectivity index (χ1v) is 0.894. The molecule has 0 heterocycles. The van der Waals surface area contributed by atoms with Crippen molar-refractivity contribution in [3.8, 4) is 0 Å². The van der Waals surface area contributed by atoms with Crippen LogP contribution in [-0.4, -0.2) is 0 Å². The molecule has 0 aliphatic carbocycles. The summed E-state index contributed by atoms with van der Waals surface area (Å²) in [6.45, 7) is 19.0. The van der Waals surface area contributed by atoms with Crippen LogP contribution in [0.15, 0.2) is 0 Å². The van der Waals surface area contributed by atoms with Crippen molar-refractivity contribution in [2.45, 2.75) is 0 Å². The Morgan fingerprint density at radius 2 is 0.545 bits per heavy atom. The Morgan fingerprint density at radius 1 is 0.545 bits per heavy atom. The summed E-state index contributed by atoms with van der Waals surface area (Å²) in [6.07, 6.45) is 0. The van der Waals surface area contributed by atoms with Crippen LogP contribution < -0.4 is 70.2 Å². The van der Waals surface area contributed by atoms with Crippen LogP contribution in [0.4, 0.5) is 0 Å². The fourth-order valence-corrected chi connectivity index (χ4v) is 0. The van der Waals surface area contributed by atoms with E-state index in [1.807, 2.05) is 0 Å². The van der Waals surface area contributed by atoms with Crippen LogP contribution in [0.5, 0.6) is 0 Å². The predicted molar refractivity (Wildman–Crippen MR) is 19.9 cm³/mol. The molecule has 0 unspecified atom stereocenters. The van der Waals surface area contributed by atoms with Gasteiger partial charge >= 0.3 is 87.3 Å². The molecular formula is C4FeKLiN4. The topological polar surface area (TPSA) is 95.2 Å². The van der Waals surface area contributed by atoms with Gasteiger partial charge in [0.15, 0.2) is 0 Å². The van der Waals surface area contributed by atoms with Gasteiger partial charge in [0, 0.05) is 0 Å². The fraction of sp³-hybridized carbons (Fsp3) is 0. The Hall–Kier alpha value is 0.713. The molecule has 0 saturated carbocycles. The third-order valence-electron chi connectivity index (χ3n) is 0. The van der Waals surface area contributed by atoms with Gasteiger partial charge in [-0.15, -0.1) is 0 Å². The van der Waals surface area contributed by atoms with E-state index in [4.69, 9.17) is 47.3 Å². The van der Waals surface area contributed by atoms with Crippen molar-refractivity contribution in [1.29, 1.82) is 21.0 Å². The molecule has 0 radical (unpaired) electrons. The van der Waals surface area contributed by atoms with E-state index in [2.05, 4.69) is 0 Å². The van der Waals surface area contributed by atoms with Crippen molar-refractivity contribution < 1.29 is 87.3 Å². The molecule has 0 N–H and O–H groups in total. The van der Waals surface area contributed by atoms with Crippen LogP contribution in [0.25, 0.3) is 0 Å². The summed E-state index contributed by atoms with van der Waals surface area (Å²) >= 11 is 0. The van der Waals surface area contributed by atoms with Crippen LogP contribution in [0.1, 0.15) is 0 Å². The molecule has 0 amide bonds. The molecule has 0 fully saturated rings. The monoisotopic (exact) mass is 206 g/mol. The summed E-state index contributed by atoms with van der Waals surface area (Å²) in [5.74, 6) is 0. The Kier molecular flexibility index (Phi) is 10900. The van der Waals surface area contributed by atoms with Gasteiger partial charge in [0.25, 0.3) is 0 Å². The van der Waals surface area contributed by atoms with E-state index in [1.165, 1.54) is 0 Å². The van der Waals surface area contributed by atoms with E-state index in [1.54, 1.807) is 0 Å². The number of nitrogens with zero attached hydrogens (tertiary/aromatic N) is 4. The van der Waals surface area contributed by atoms with Crippen LogP contribution in [0, 0.1) is 47.3 Å². The molecule has 46 valence electrons. The Labute approximate surface area is 132 Å². The van der Waals surface area contributed by atoms with Crippen molar-refractivity contribution in [1.82, 2.24) is 0 Å². The van der Waals surface area contributed by atoms with Gasteiger partial charge in [-0.25, -0.2) is 0 Å². The zero-order valence-corrected chi connectivity index (χ0v) is 10.4. The second-order valence-electron chi connectivity index (χ2n) is 0. The van der Waals surface area contributed by atoms with E-state index in [9.17, 15) is 0 Å². The summed E-state index contributed by atoms with van der Waals surface area (Å²) in [4.78, 5) is 0. The maximum atomic E-state index is 6.25. The molecule has 0 aliphatic heterocycles. The van der Waals surface area contributed by atoms with Crippen molar-refractivity contribution in [2.24, 2.45) is 0 Å². The first-order valence-electron chi connectivity index (χ1n) is 0.894. The van der Waals surface area contributed by atoms with Crippen molar-refractivity contribution in [3.05, 3.63) is 26.3 Å². The van der Waals surface area contributed by atoms with Gasteiger partial charge in [0.1, 0.15) is 0 Å². The molecular weight excluding hydrogens is 206 g/mol. The van der Waals surface area contributed by atoms with Gasteiger partial charge in [0.2, 0.25) is 0 Å². The van der Waals surface area contributed by atoms with Crippen LogP contribution in [0.3, 0.4) is 0 Å². The van der Waals surface area contributed by atoms with E-state index in [0.717, 1.165) is 0 Å². The SMILES string of the molecule is [C-]#N.[C-]#N.[C-]#N.[C-]#N.[Fe+2].[K+].[Li+]. The molecule has 0 aromatic carbocycles. The standard InChI is InChI=1S/4CN.Fe.K.Li/c4*1-2;;;/q4*-1;+2;2*+1. The Bertz CT molecular complexity index is 65.1. The second kappa shape index (κ2) is 1990. The van der Waals surface area contributed by atoms with Crippen LogP contribution >= 0.6 is 0 Å². The summed E-state index contributed by atoms with van der Waals surface area (Å²) in [5.41, 5.74) is 0. The maximum Gasteiger partial charge on any atom is 2.00 e. The maximum absolute atomic E-state index is 6.25. The first kappa shape index (κ1) is 60.5. The van der Waals surface area contributed by atoms with Crippen LogP contribution in [0.2, 0.25) is 0 Å². The van der Waals surface area contributed by atoms with Crippen molar-refractivity contribution in [3.63, 3.8) is 0 Å². The van der Waals surface area contributed by atoms with Gasteiger partial charge in [-0.1, -0.05) is 0 Å². The average Bonchev–Trinajstić information content (AvgIpc) is 2.03. The third kappa shape index (κ3) is 1600. The third-order valence-corrected chi connectivity index (χ3v) is 0. The summed E-state index contributed by atoms with van der Waals surface area (Å²) in [6, 6.07) is 0. The van der Waals surface area contributed by atoms with Gasteiger partial charge in [-0.05, 0) is 0 Å². The summed E-state index contributed by atoms with van der Waals surface area (Å²) in [7, 11) is 0. The number of hydrogen-bond donors (Lipinski definition) is 0.